The smallest absolute Gasteiger partial charge is 0.175 e. The molecule has 1 aliphatic rings. The van der Waals surface area contributed by atoms with Crippen molar-refractivity contribution in [3.05, 3.63) is 24.0 Å². The normalized spacial score (nSPS) is 24.2. The molecule has 106 valence electrons. The minimum Gasteiger partial charge on any atom is -0.380 e. The van der Waals surface area contributed by atoms with E-state index in [2.05, 4.69) is 12.2 Å². The molecule has 0 bridgehead atoms. The Balaban J connectivity index is 2.16. The first-order chi connectivity index (χ1) is 8.86. The number of rotatable bonds is 3. The molecule has 19 heavy (non-hydrogen) atoms. The zero-order chi connectivity index (χ0) is 14.0. The molecule has 0 saturated heterocycles. The molecule has 0 heterocycles. The second-order valence-electron chi connectivity index (χ2n) is 5.51. The highest BCUT2D eigenvalue weighted by Crippen LogP contribution is 2.28. The summed E-state index contributed by atoms with van der Waals surface area (Å²) in [7, 11) is -3.30. The van der Waals surface area contributed by atoms with E-state index in [0.717, 1.165) is 37.9 Å². The van der Waals surface area contributed by atoms with Crippen LogP contribution in [0.15, 0.2) is 23.1 Å². The zero-order valence-corrected chi connectivity index (χ0v) is 12.1. The van der Waals surface area contributed by atoms with E-state index in [4.69, 9.17) is 0 Å². The summed E-state index contributed by atoms with van der Waals surface area (Å²) >= 11 is 0. The Hall–Kier alpha value is -1.10. The first-order valence-corrected chi connectivity index (χ1v) is 8.51. The number of nitrogens with one attached hydrogen (secondary N) is 1. The minimum atomic E-state index is -3.30. The number of hydrogen-bond acceptors (Lipinski definition) is 3. The van der Waals surface area contributed by atoms with Crippen LogP contribution >= 0.6 is 0 Å². The van der Waals surface area contributed by atoms with Crippen LogP contribution in [0.1, 0.15) is 32.6 Å². The third-order valence-corrected chi connectivity index (χ3v) is 4.85. The number of halogens is 1. The van der Waals surface area contributed by atoms with E-state index in [-0.39, 0.29) is 10.9 Å². The fraction of sp³-hybridized carbons (Fsp3) is 0.571. The summed E-state index contributed by atoms with van der Waals surface area (Å²) in [5.41, 5.74) is 0.294. The van der Waals surface area contributed by atoms with Crippen LogP contribution in [0, 0.1) is 11.7 Å². The molecule has 5 heteroatoms. The van der Waals surface area contributed by atoms with Gasteiger partial charge in [0.1, 0.15) is 5.82 Å². The van der Waals surface area contributed by atoms with Gasteiger partial charge in [-0.3, -0.25) is 0 Å². The summed E-state index contributed by atoms with van der Waals surface area (Å²) in [6.07, 6.45) is 5.40. The van der Waals surface area contributed by atoms with Gasteiger partial charge in [-0.05, 0) is 49.8 Å². The molecular formula is C14H20FNO2S. The summed E-state index contributed by atoms with van der Waals surface area (Å²) in [5.74, 6) is 0.330. The molecule has 0 amide bonds. The van der Waals surface area contributed by atoms with Crippen LogP contribution in [0.2, 0.25) is 0 Å². The van der Waals surface area contributed by atoms with Crippen molar-refractivity contribution in [2.75, 3.05) is 11.6 Å². The Morgan fingerprint density at radius 2 is 1.84 bits per heavy atom. The van der Waals surface area contributed by atoms with Gasteiger partial charge < -0.3 is 5.32 Å². The van der Waals surface area contributed by atoms with Crippen LogP contribution in [-0.2, 0) is 9.84 Å². The van der Waals surface area contributed by atoms with Crippen molar-refractivity contribution >= 4 is 15.5 Å². The van der Waals surface area contributed by atoms with Gasteiger partial charge in [0, 0.05) is 12.3 Å². The van der Waals surface area contributed by atoms with Gasteiger partial charge in [-0.15, -0.1) is 0 Å². The summed E-state index contributed by atoms with van der Waals surface area (Å²) < 4.78 is 36.7. The third kappa shape index (κ3) is 3.69. The Labute approximate surface area is 114 Å². The van der Waals surface area contributed by atoms with Crippen molar-refractivity contribution in [2.45, 2.75) is 43.5 Å². The molecule has 1 aromatic rings. The van der Waals surface area contributed by atoms with Crippen molar-refractivity contribution < 1.29 is 12.8 Å². The van der Waals surface area contributed by atoms with E-state index < -0.39 is 15.7 Å². The molecule has 1 saturated carbocycles. The van der Waals surface area contributed by atoms with Gasteiger partial charge >= 0.3 is 0 Å². The highest BCUT2D eigenvalue weighted by atomic mass is 32.2. The average molecular weight is 285 g/mol. The van der Waals surface area contributed by atoms with E-state index in [1.54, 1.807) is 0 Å². The first kappa shape index (κ1) is 14.3. The molecule has 1 N–H and O–H groups in total. The maximum absolute atomic E-state index is 13.7. The predicted molar refractivity (Wildman–Crippen MR) is 74.6 cm³/mol. The number of anilines is 1. The minimum absolute atomic E-state index is 0.153. The van der Waals surface area contributed by atoms with Crippen molar-refractivity contribution in [3.63, 3.8) is 0 Å². The summed E-state index contributed by atoms with van der Waals surface area (Å²) in [6.45, 7) is 2.22. The second-order valence-corrected chi connectivity index (χ2v) is 7.53. The topological polar surface area (TPSA) is 46.2 Å². The molecule has 0 unspecified atom stereocenters. The number of benzene rings is 1. The van der Waals surface area contributed by atoms with Gasteiger partial charge in [-0.25, -0.2) is 12.8 Å². The maximum atomic E-state index is 13.7. The lowest BCUT2D eigenvalue weighted by atomic mass is 9.87. The Morgan fingerprint density at radius 3 is 2.42 bits per heavy atom. The average Bonchev–Trinajstić information content (AvgIpc) is 2.33. The lowest BCUT2D eigenvalue weighted by Gasteiger charge is -2.28. The zero-order valence-electron chi connectivity index (χ0n) is 11.3. The van der Waals surface area contributed by atoms with Crippen molar-refractivity contribution in [1.29, 1.82) is 0 Å². The monoisotopic (exact) mass is 285 g/mol. The third-order valence-electron chi connectivity index (χ3n) is 3.74. The molecule has 1 aromatic carbocycles. The predicted octanol–water partition coefficient (Wildman–Crippen LogP) is 3.22. The van der Waals surface area contributed by atoms with Crippen LogP contribution < -0.4 is 5.32 Å². The molecule has 0 aliphatic heterocycles. The molecule has 0 spiro atoms. The highest BCUT2D eigenvalue weighted by molar-refractivity contribution is 7.90. The summed E-state index contributed by atoms with van der Waals surface area (Å²) in [4.78, 5) is 0.153. The van der Waals surface area contributed by atoms with Gasteiger partial charge in [0.25, 0.3) is 0 Å². The van der Waals surface area contributed by atoms with Crippen LogP contribution in [0.3, 0.4) is 0 Å². The Kier molecular flexibility index (Phi) is 4.13. The maximum Gasteiger partial charge on any atom is 0.175 e. The van der Waals surface area contributed by atoms with Gasteiger partial charge in [-0.2, -0.15) is 0 Å². The van der Waals surface area contributed by atoms with Gasteiger partial charge in [0.05, 0.1) is 10.6 Å². The molecule has 1 aliphatic carbocycles. The van der Waals surface area contributed by atoms with Crippen LogP contribution in [-0.4, -0.2) is 20.7 Å². The SMILES string of the molecule is CC1CCC(Nc2cc(S(C)(=O)=O)ccc2F)CC1. The van der Waals surface area contributed by atoms with E-state index in [9.17, 15) is 12.8 Å². The standard InChI is InChI=1S/C14H20FNO2S/c1-10-3-5-11(6-4-10)16-14-9-12(19(2,17)18)7-8-13(14)15/h7-11,16H,3-6H2,1-2H3. The molecule has 3 nitrogen and oxygen atoms in total. The van der Waals surface area contributed by atoms with Gasteiger partial charge in [-0.1, -0.05) is 6.92 Å². The molecular weight excluding hydrogens is 265 g/mol. The van der Waals surface area contributed by atoms with Crippen molar-refractivity contribution in [1.82, 2.24) is 0 Å². The Morgan fingerprint density at radius 1 is 1.21 bits per heavy atom. The second kappa shape index (κ2) is 5.49. The van der Waals surface area contributed by atoms with Crippen molar-refractivity contribution in [3.8, 4) is 0 Å². The highest BCUT2D eigenvalue weighted by Gasteiger charge is 2.19. The van der Waals surface area contributed by atoms with Gasteiger partial charge in [0.2, 0.25) is 0 Å². The fourth-order valence-electron chi connectivity index (χ4n) is 2.47. The molecule has 1 fully saturated rings. The van der Waals surface area contributed by atoms with E-state index in [1.165, 1.54) is 18.2 Å². The number of sulfone groups is 1. The summed E-state index contributed by atoms with van der Waals surface area (Å²) in [5, 5.41) is 3.14. The van der Waals surface area contributed by atoms with E-state index in [1.807, 2.05) is 0 Å². The summed E-state index contributed by atoms with van der Waals surface area (Å²) in [6, 6.07) is 4.14. The van der Waals surface area contributed by atoms with E-state index in [0.29, 0.717) is 5.69 Å². The van der Waals surface area contributed by atoms with Crippen LogP contribution in [0.4, 0.5) is 10.1 Å². The Bertz CT molecular complexity index is 549. The van der Waals surface area contributed by atoms with Crippen LogP contribution in [0.5, 0.6) is 0 Å². The quantitative estimate of drug-likeness (QED) is 0.867. The molecule has 2 rings (SSSR count). The van der Waals surface area contributed by atoms with Crippen molar-refractivity contribution in [2.24, 2.45) is 5.92 Å². The van der Waals surface area contributed by atoms with Gasteiger partial charge in [0.15, 0.2) is 9.84 Å². The lowest BCUT2D eigenvalue weighted by Crippen LogP contribution is -2.25. The molecule has 0 aromatic heterocycles. The van der Waals surface area contributed by atoms with E-state index >= 15 is 0 Å². The molecule has 0 radical (unpaired) electrons. The lowest BCUT2D eigenvalue weighted by molar-refractivity contribution is 0.360. The molecule has 0 atom stereocenters. The first-order valence-electron chi connectivity index (χ1n) is 6.62. The fourth-order valence-corrected chi connectivity index (χ4v) is 3.12. The number of hydrogen-bond donors (Lipinski definition) is 1. The largest absolute Gasteiger partial charge is 0.380 e. The van der Waals surface area contributed by atoms with Crippen LogP contribution in [0.25, 0.3) is 0 Å².